The second kappa shape index (κ2) is 8.74. The zero-order valence-electron chi connectivity index (χ0n) is 19.0. The molecule has 8 heteroatoms. The number of hydrogen-bond donors (Lipinski definition) is 3. The summed E-state index contributed by atoms with van der Waals surface area (Å²) in [5.74, 6) is 0.0316. The summed E-state index contributed by atoms with van der Waals surface area (Å²) < 4.78 is 1.90. The van der Waals surface area contributed by atoms with Crippen molar-refractivity contribution in [1.82, 2.24) is 14.5 Å². The minimum Gasteiger partial charge on any atom is -0.383 e. The number of nitrogens with one attached hydrogen (secondary N) is 2. The van der Waals surface area contributed by atoms with Crippen molar-refractivity contribution in [1.29, 1.82) is 0 Å². The Kier molecular flexibility index (Phi) is 5.83. The maximum Gasteiger partial charge on any atom is 0.323 e. The lowest BCUT2D eigenvalue weighted by molar-refractivity contribution is 0.104. The number of anilines is 3. The Labute approximate surface area is 191 Å². The van der Waals surface area contributed by atoms with Crippen molar-refractivity contribution < 1.29 is 9.59 Å². The van der Waals surface area contributed by atoms with E-state index in [1.165, 1.54) is 6.33 Å². The van der Waals surface area contributed by atoms with Gasteiger partial charge in [-0.25, -0.2) is 14.8 Å². The molecule has 0 aliphatic carbocycles. The minimum atomic E-state index is -0.390. The Morgan fingerprint density at radius 3 is 2.36 bits per heavy atom. The average molecular weight is 443 g/mol. The highest BCUT2D eigenvalue weighted by Gasteiger charge is 2.21. The molecule has 4 N–H and O–H groups in total. The summed E-state index contributed by atoms with van der Waals surface area (Å²) in [5.41, 5.74) is 10.9. The van der Waals surface area contributed by atoms with Crippen LogP contribution in [-0.4, -0.2) is 26.3 Å². The number of ketones is 1. The van der Waals surface area contributed by atoms with Crippen LogP contribution in [0, 0.1) is 13.8 Å². The largest absolute Gasteiger partial charge is 0.383 e. The van der Waals surface area contributed by atoms with Crippen LogP contribution in [0.2, 0.25) is 0 Å². The SMILES string of the molecule is Cc1cc(C)cc(NC(=O)Nc2cccc(C(=O)c3cn(C(C)C)c4ncnc(N)c34)c2)c1. The van der Waals surface area contributed by atoms with Crippen molar-refractivity contribution in [2.45, 2.75) is 33.7 Å². The fourth-order valence-corrected chi connectivity index (χ4v) is 3.91. The van der Waals surface area contributed by atoms with E-state index >= 15 is 0 Å². The average Bonchev–Trinajstić information content (AvgIpc) is 3.14. The molecule has 0 fully saturated rings. The first-order valence-electron chi connectivity index (χ1n) is 10.6. The predicted molar refractivity (Wildman–Crippen MR) is 131 cm³/mol. The maximum absolute atomic E-state index is 13.4. The monoisotopic (exact) mass is 442 g/mol. The molecular weight excluding hydrogens is 416 g/mol. The normalized spacial score (nSPS) is 11.1. The number of carbonyl (C=O) groups excluding carboxylic acids is 2. The molecule has 0 radical (unpaired) electrons. The van der Waals surface area contributed by atoms with E-state index in [9.17, 15) is 9.59 Å². The van der Waals surface area contributed by atoms with Crippen molar-refractivity contribution in [2.75, 3.05) is 16.4 Å². The summed E-state index contributed by atoms with van der Waals surface area (Å²) in [7, 11) is 0. The van der Waals surface area contributed by atoms with Crippen molar-refractivity contribution >= 4 is 40.0 Å². The lowest BCUT2D eigenvalue weighted by Gasteiger charge is -2.10. The molecular formula is C25H26N6O2. The van der Waals surface area contributed by atoms with Gasteiger partial charge in [-0.05, 0) is 63.1 Å². The number of amides is 2. The van der Waals surface area contributed by atoms with Gasteiger partial charge in [0.25, 0.3) is 0 Å². The van der Waals surface area contributed by atoms with Crippen molar-refractivity contribution in [2.24, 2.45) is 0 Å². The first kappa shape index (κ1) is 22.0. The zero-order chi connectivity index (χ0) is 23.7. The van der Waals surface area contributed by atoms with Gasteiger partial charge in [-0.15, -0.1) is 0 Å². The van der Waals surface area contributed by atoms with Gasteiger partial charge in [-0.2, -0.15) is 0 Å². The zero-order valence-corrected chi connectivity index (χ0v) is 19.0. The van der Waals surface area contributed by atoms with Crippen LogP contribution < -0.4 is 16.4 Å². The number of nitrogens with zero attached hydrogens (tertiary/aromatic N) is 3. The number of urea groups is 1. The molecule has 8 nitrogen and oxygen atoms in total. The number of hydrogen-bond acceptors (Lipinski definition) is 5. The molecule has 2 aromatic carbocycles. The van der Waals surface area contributed by atoms with Crippen LogP contribution in [0.5, 0.6) is 0 Å². The van der Waals surface area contributed by atoms with E-state index < -0.39 is 6.03 Å². The van der Waals surface area contributed by atoms with Gasteiger partial charge in [0, 0.05) is 29.2 Å². The Morgan fingerprint density at radius 1 is 0.970 bits per heavy atom. The third-order valence-electron chi connectivity index (χ3n) is 5.30. The number of nitrogens with two attached hydrogens (primary N) is 1. The number of aryl methyl sites for hydroxylation is 2. The van der Waals surface area contributed by atoms with E-state index in [1.807, 2.05) is 50.5 Å². The van der Waals surface area contributed by atoms with E-state index in [1.54, 1.807) is 30.5 Å². The van der Waals surface area contributed by atoms with Crippen molar-refractivity contribution in [3.05, 3.63) is 77.2 Å². The number of benzene rings is 2. The van der Waals surface area contributed by atoms with Gasteiger partial charge in [0.1, 0.15) is 17.8 Å². The van der Waals surface area contributed by atoms with E-state index in [0.717, 1.165) is 11.1 Å². The number of aromatic nitrogens is 3. The highest BCUT2D eigenvalue weighted by molar-refractivity contribution is 6.18. The first-order valence-corrected chi connectivity index (χ1v) is 10.6. The van der Waals surface area contributed by atoms with Crippen LogP contribution >= 0.6 is 0 Å². The summed E-state index contributed by atoms with van der Waals surface area (Å²) in [5, 5.41) is 6.15. The molecule has 0 bridgehead atoms. The molecule has 4 rings (SSSR count). The van der Waals surface area contributed by atoms with E-state index in [-0.39, 0.29) is 17.6 Å². The molecule has 2 heterocycles. The van der Waals surface area contributed by atoms with Crippen LogP contribution in [0.4, 0.5) is 22.0 Å². The molecule has 2 aromatic heterocycles. The van der Waals surface area contributed by atoms with Gasteiger partial charge >= 0.3 is 6.03 Å². The molecule has 0 saturated heterocycles. The summed E-state index contributed by atoms with van der Waals surface area (Å²) in [4.78, 5) is 34.3. The summed E-state index contributed by atoms with van der Waals surface area (Å²) in [6, 6.07) is 12.3. The second-order valence-corrected chi connectivity index (χ2v) is 8.37. The minimum absolute atomic E-state index is 0.0882. The Bertz CT molecular complexity index is 1350. The van der Waals surface area contributed by atoms with Crippen LogP contribution in [0.15, 0.2) is 55.0 Å². The highest BCUT2D eigenvalue weighted by atomic mass is 16.2. The third-order valence-corrected chi connectivity index (χ3v) is 5.30. The Balaban J connectivity index is 1.60. The van der Waals surface area contributed by atoms with E-state index in [4.69, 9.17) is 5.73 Å². The van der Waals surface area contributed by atoms with Gasteiger partial charge < -0.3 is 20.9 Å². The molecule has 0 unspecified atom stereocenters. The van der Waals surface area contributed by atoms with Crippen molar-refractivity contribution in [3.63, 3.8) is 0 Å². The molecule has 168 valence electrons. The fourth-order valence-electron chi connectivity index (χ4n) is 3.91. The molecule has 0 atom stereocenters. The Morgan fingerprint density at radius 2 is 1.67 bits per heavy atom. The lowest BCUT2D eigenvalue weighted by Crippen LogP contribution is -2.19. The fraction of sp³-hybridized carbons (Fsp3) is 0.200. The summed E-state index contributed by atoms with van der Waals surface area (Å²) in [6.07, 6.45) is 3.15. The van der Waals surface area contributed by atoms with Crippen LogP contribution in [0.25, 0.3) is 11.0 Å². The second-order valence-electron chi connectivity index (χ2n) is 8.37. The number of fused-ring (bicyclic) bond motifs is 1. The van der Waals surface area contributed by atoms with Gasteiger partial charge in [0.15, 0.2) is 5.78 Å². The van der Waals surface area contributed by atoms with Gasteiger partial charge in [-0.1, -0.05) is 18.2 Å². The van der Waals surface area contributed by atoms with Gasteiger partial charge in [0.05, 0.1) is 10.9 Å². The quantitative estimate of drug-likeness (QED) is 0.373. The number of rotatable bonds is 5. The molecule has 0 aliphatic heterocycles. The van der Waals surface area contributed by atoms with Crippen molar-refractivity contribution in [3.8, 4) is 0 Å². The van der Waals surface area contributed by atoms with E-state index in [0.29, 0.717) is 33.5 Å². The van der Waals surface area contributed by atoms with Crippen LogP contribution in [0.3, 0.4) is 0 Å². The number of carbonyl (C=O) groups is 2. The van der Waals surface area contributed by atoms with Crippen LogP contribution in [-0.2, 0) is 0 Å². The summed E-state index contributed by atoms with van der Waals surface area (Å²) >= 11 is 0. The predicted octanol–water partition coefficient (Wildman–Crippen LogP) is 5.09. The standard InChI is InChI=1S/C25H26N6O2/c1-14(2)31-12-20(21-23(26)27-13-28-24(21)31)22(32)17-6-5-7-18(11-17)29-25(33)30-19-9-15(3)8-16(4)10-19/h5-14H,1-4H3,(H2,26,27,28)(H2,29,30,33). The molecule has 0 spiro atoms. The topological polar surface area (TPSA) is 115 Å². The molecule has 2 amide bonds. The molecule has 0 saturated carbocycles. The third kappa shape index (κ3) is 4.55. The van der Waals surface area contributed by atoms with Crippen LogP contribution in [0.1, 0.15) is 46.9 Å². The lowest BCUT2D eigenvalue weighted by atomic mass is 10.0. The number of nitrogen functional groups attached to an aromatic ring is 1. The van der Waals surface area contributed by atoms with E-state index in [2.05, 4.69) is 20.6 Å². The maximum atomic E-state index is 13.4. The van der Waals surface area contributed by atoms with Gasteiger partial charge in [-0.3, -0.25) is 4.79 Å². The molecule has 4 aromatic rings. The van der Waals surface area contributed by atoms with Gasteiger partial charge in [0.2, 0.25) is 0 Å². The Hall–Kier alpha value is -4.20. The highest BCUT2D eigenvalue weighted by Crippen LogP contribution is 2.29. The summed E-state index contributed by atoms with van der Waals surface area (Å²) in [6.45, 7) is 7.95. The first-order chi connectivity index (χ1) is 15.7. The smallest absolute Gasteiger partial charge is 0.323 e. The molecule has 0 aliphatic rings. The molecule has 33 heavy (non-hydrogen) atoms.